The topological polar surface area (TPSA) is 12.9 Å². The van der Waals surface area contributed by atoms with Crippen LogP contribution < -0.4 is 31.8 Å². The van der Waals surface area contributed by atoms with Gasteiger partial charge in [-0.2, -0.15) is 0 Å². The van der Waals surface area contributed by atoms with Crippen LogP contribution in [0.15, 0.2) is 206 Å². The molecule has 1 aromatic heterocycles. The van der Waals surface area contributed by atoms with E-state index in [2.05, 4.69) is 228 Å². The van der Waals surface area contributed by atoms with Crippen molar-refractivity contribution in [3.8, 4) is 0 Å². The van der Waals surface area contributed by atoms with Gasteiger partial charge in [-0.05, 0) is 0 Å². The molecule has 2 saturated heterocycles. The predicted octanol–water partition coefficient (Wildman–Crippen LogP) is 11.4. The Morgan fingerprint density at radius 1 is 0.429 bits per heavy atom. The Morgan fingerprint density at radius 3 is 1.27 bits per heavy atom. The van der Waals surface area contributed by atoms with Crippen molar-refractivity contribution in [2.75, 3.05) is 12.3 Å². The molecule has 2 aliphatic heterocycles. The summed E-state index contributed by atoms with van der Waals surface area (Å²) in [7, 11) is 4.46. The molecular formula is C51H51NP2S2. The molecule has 0 N–H and O–H groups in total. The van der Waals surface area contributed by atoms with Gasteiger partial charge in [0, 0.05) is 0 Å². The Hall–Kier alpha value is -3.97. The minimum absolute atomic E-state index is 0.346. The first-order chi connectivity index (χ1) is 27.7. The van der Waals surface area contributed by atoms with E-state index in [1.807, 2.05) is 0 Å². The molecule has 2 fully saturated rings. The van der Waals surface area contributed by atoms with Crippen LogP contribution in [0.4, 0.5) is 0 Å². The maximum absolute atomic E-state index is 5.49. The molecule has 7 aromatic rings. The van der Waals surface area contributed by atoms with Crippen molar-refractivity contribution in [1.29, 1.82) is 0 Å². The van der Waals surface area contributed by atoms with E-state index in [4.69, 9.17) is 4.98 Å². The Balaban J connectivity index is 1.38. The van der Waals surface area contributed by atoms with Crippen LogP contribution in [0.3, 0.4) is 0 Å². The maximum atomic E-state index is 5.49. The van der Waals surface area contributed by atoms with E-state index in [-0.39, 0.29) is 4.49 Å². The van der Waals surface area contributed by atoms with E-state index in [9.17, 15) is 0 Å². The van der Waals surface area contributed by atoms with Gasteiger partial charge in [0.25, 0.3) is 0 Å². The first-order valence-electron chi connectivity index (χ1n) is 20.3. The minimum atomic E-state index is -3.43. The summed E-state index contributed by atoms with van der Waals surface area (Å²) in [5, 5.41) is 9.00. The fourth-order valence-corrected chi connectivity index (χ4v) is 36.9. The van der Waals surface area contributed by atoms with Gasteiger partial charge in [0.15, 0.2) is 0 Å². The molecule has 0 saturated carbocycles. The monoisotopic (exact) mass is 803 g/mol. The van der Waals surface area contributed by atoms with Crippen LogP contribution in [0, 0.1) is 0 Å². The first kappa shape index (κ1) is 37.6. The fraction of sp³-hybridized carbons (Fsp3) is 0.196. The molecule has 56 heavy (non-hydrogen) atoms. The number of rotatable bonds is 10. The van der Waals surface area contributed by atoms with Crippen LogP contribution in [0.1, 0.15) is 44.2 Å². The number of hydrogen-bond acceptors (Lipinski definition) is 3. The van der Waals surface area contributed by atoms with Gasteiger partial charge in [0.1, 0.15) is 0 Å². The predicted molar refractivity (Wildman–Crippen MR) is 253 cm³/mol. The van der Waals surface area contributed by atoms with Gasteiger partial charge in [0.05, 0.1) is 0 Å². The van der Waals surface area contributed by atoms with Gasteiger partial charge in [-0.25, -0.2) is 0 Å². The standard InChI is InChI=1S/C51H51NP2S2/c1-7-25-43(26-8-1)53(44-27-9-2-10-28-44,45-29-11-3-12-30-45)41-23-20-38-50(53)55-56-51(49-37-19-22-40-52-49)39-21-24-42-54(51,46-31-13-4-14-32-46,47-33-15-5-16-34-47)48-35-17-6-18-36-48/h1-19,22,25-37,40,50H,20-21,23-24,38-39,41-42H2. The Morgan fingerprint density at radius 2 is 0.839 bits per heavy atom. The molecular weight excluding hydrogens is 753 g/mol. The third-order valence-electron chi connectivity index (χ3n) is 13.5. The second kappa shape index (κ2) is 15.4. The van der Waals surface area contributed by atoms with Gasteiger partial charge in [-0.3, -0.25) is 0 Å². The normalized spacial score (nSPS) is 23.6. The van der Waals surface area contributed by atoms with Crippen molar-refractivity contribution < 1.29 is 0 Å². The number of pyridine rings is 1. The number of aromatic nitrogens is 1. The van der Waals surface area contributed by atoms with Gasteiger partial charge < -0.3 is 0 Å². The van der Waals surface area contributed by atoms with Crippen LogP contribution in [0.5, 0.6) is 0 Å². The van der Waals surface area contributed by atoms with Gasteiger partial charge in [-0.1, -0.05) is 0 Å². The van der Waals surface area contributed by atoms with Crippen molar-refractivity contribution in [2.24, 2.45) is 0 Å². The average Bonchev–Trinajstić information content (AvgIpc) is 3.30. The van der Waals surface area contributed by atoms with E-state index < -0.39 is 13.2 Å². The summed E-state index contributed by atoms with van der Waals surface area (Å²) in [6.07, 6.45) is 11.4. The summed E-state index contributed by atoms with van der Waals surface area (Å²) in [5.41, 5.74) is 1.22. The van der Waals surface area contributed by atoms with Crippen LogP contribution in [-0.4, -0.2) is 22.3 Å². The molecule has 0 amide bonds. The van der Waals surface area contributed by atoms with E-state index >= 15 is 0 Å². The quantitative estimate of drug-likeness (QED) is 0.101. The Bertz CT molecular complexity index is 2150. The van der Waals surface area contributed by atoms with E-state index in [1.165, 1.54) is 75.8 Å². The van der Waals surface area contributed by atoms with Crippen LogP contribution in [-0.2, 0) is 4.49 Å². The number of nitrogens with zero attached hydrogens (tertiary/aromatic N) is 1. The third kappa shape index (κ3) is 5.27. The summed E-state index contributed by atoms with van der Waals surface area (Å²) in [4.78, 5) is 5.85. The number of hydrogen-bond donors (Lipinski definition) is 0. The van der Waals surface area contributed by atoms with Crippen LogP contribution >= 0.6 is 34.8 Å². The summed E-state index contributed by atoms with van der Waals surface area (Å²) in [6.45, 7) is -6.56. The van der Waals surface area contributed by atoms with Crippen molar-refractivity contribution >= 4 is 66.6 Å². The second-order valence-corrected chi connectivity index (χ2v) is 29.8. The molecule has 0 spiro atoms. The summed E-state index contributed by atoms with van der Waals surface area (Å²) >= 11 is 0. The van der Waals surface area contributed by atoms with Gasteiger partial charge in [0.2, 0.25) is 0 Å². The molecule has 0 radical (unpaired) electrons. The molecule has 5 heteroatoms. The van der Waals surface area contributed by atoms with Crippen molar-refractivity contribution in [3.05, 3.63) is 212 Å². The summed E-state index contributed by atoms with van der Waals surface area (Å²) in [5.74, 6) is 0. The van der Waals surface area contributed by atoms with Gasteiger partial charge in [-0.15, -0.1) is 0 Å². The van der Waals surface area contributed by atoms with E-state index in [1.54, 1.807) is 0 Å². The SMILES string of the molecule is c1ccc(P2(c3ccccc3)(c3ccccc3)CCCCC2SSC2(c3ccccn3)CCCCP2(c2ccccc2)(c2ccccc2)c2ccccc2)cc1. The average molecular weight is 804 g/mol. The van der Waals surface area contributed by atoms with Crippen LogP contribution in [0.25, 0.3) is 0 Å². The Kier molecular flexibility index (Phi) is 10.3. The molecule has 9 rings (SSSR count). The van der Waals surface area contributed by atoms with E-state index in [0.29, 0.717) is 4.99 Å². The molecule has 0 aliphatic carbocycles. The molecule has 1 nitrogen and oxygen atoms in total. The molecule has 2 unspecified atom stereocenters. The summed E-state index contributed by atoms with van der Waals surface area (Å²) < 4.78 is -0.346. The van der Waals surface area contributed by atoms with E-state index in [0.717, 1.165) is 12.6 Å². The first-order valence-corrected chi connectivity index (χ1v) is 27.4. The number of benzene rings is 6. The Labute approximate surface area is 342 Å². The van der Waals surface area contributed by atoms with Crippen LogP contribution in [0.2, 0.25) is 0 Å². The molecule has 282 valence electrons. The molecule has 2 atom stereocenters. The third-order valence-corrected chi connectivity index (χ3v) is 35.4. The molecule has 3 heterocycles. The zero-order valence-corrected chi connectivity index (χ0v) is 35.4. The van der Waals surface area contributed by atoms with Gasteiger partial charge >= 0.3 is 344 Å². The molecule has 2 aliphatic rings. The zero-order valence-electron chi connectivity index (χ0n) is 32.0. The molecule has 0 bridgehead atoms. The van der Waals surface area contributed by atoms with Crippen molar-refractivity contribution in [3.63, 3.8) is 0 Å². The fourth-order valence-electron chi connectivity index (χ4n) is 11.2. The van der Waals surface area contributed by atoms with Crippen molar-refractivity contribution in [1.82, 2.24) is 4.98 Å². The second-order valence-electron chi connectivity index (χ2n) is 15.7. The zero-order chi connectivity index (χ0) is 37.8. The summed E-state index contributed by atoms with van der Waals surface area (Å²) in [6, 6.07) is 77.2. The molecule has 6 aromatic carbocycles. The van der Waals surface area contributed by atoms with Crippen molar-refractivity contribution in [2.45, 2.75) is 48.0 Å².